The van der Waals surface area contributed by atoms with Gasteiger partial charge in [-0.3, -0.25) is 4.79 Å². The predicted octanol–water partition coefficient (Wildman–Crippen LogP) is 1.83. The molecule has 4 heteroatoms. The summed E-state index contributed by atoms with van der Waals surface area (Å²) in [6.07, 6.45) is 0.410. The second kappa shape index (κ2) is 4.35. The second-order valence-electron chi connectivity index (χ2n) is 3.77. The zero-order valence-electron chi connectivity index (χ0n) is 9.05. The van der Waals surface area contributed by atoms with Crippen molar-refractivity contribution in [2.24, 2.45) is 0 Å². The van der Waals surface area contributed by atoms with E-state index in [-0.39, 0.29) is 30.8 Å². The van der Waals surface area contributed by atoms with E-state index < -0.39 is 0 Å². The number of amides is 1. The van der Waals surface area contributed by atoms with Gasteiger partial charge in [0.05, 0.1) is 12.5 Å². The molecule has 1 amide bonds. The van der Waals surface area contributed by atoms with Crippen molar-refractivity contribution in [1.82, 2.24) is 5.06 Å². The fourth-order valence-electron chi connectivity index (χ4n) is 1.69. The fourth-order valence-corrected chi connectivity index (χ4v) is 1.69. The van der Waals surface area contributed by atoms with Crippen molar-refractivity contribution >= 4 is 11.9 Å². The molecule has 1 aromatic carbocycles. The molecule has 0 aromatic heterocycles. The minimum absolute atomic E-state index is 0.143. The van der Waals surface area contributed by atoms with Crippen molar-refractivity contribution in [2.45, 2.75) is 25.8 Å². The van der Waals surface area contributed by atoms with E-state index in [4.69, 9.17) is 4.84 Å². The number of rotatable bonds is 2. The van der Waals surface area contributed by atoms with Crippen LogP contribution in [0.4, 0.5) is 0 Å². The number of hydrogen-bond acceptors (Lipinski definition) is 3. The van der Waals surface area contributed by atoms with Gasteiger partial charge in [0.25, 0.3) is 5.91 Å². The zero-order chi connectivity index (χ0) is 11.5. The van der Waals surface area contributed by atoms with Crippen molar-refractivity contribution < 1.29 is 14.4 Å². The summed E-state index contributed by atoms with van der Waals surface area (Å²) in [6, 6.07) is 9.25. The van der Waals surface area contributed by atoms with E-state index in [0.29, 0.717) is 0 Å². The maximum Gasteiger partial charge on any atom is 0.333 e. The molecule has 84 valence electrons. The normalized spacial score (nSPS) is 18.2. The van der Waals surface area contributed by atoms with Crippen LogP contribution < -0.4 is 0 Å². The van der Waals surface area contributed by atoms with Crippen LogP contribution in [0.2, 0.25) is 0 Å². The topological polar surface area (TPSA) is 46.6 Å². The van der Waals surface area contributed by atoms with Crippen LogP contribution >= 0.6 is 0 Å². The number of carbonyl (C=O) groups excluding carboxylic acids is 2. The van der Waals surface area contributed by atoms with Crippen molar-refractivity contribution in [1.29, 1.82) is 0 Å². The Morgan fingerprint density at radius 1 is 1.19 bits per heavy atom. The van der Waals surface area contributed by atoms with Gasteiger partial charge in [0.15, 0.2) is 0 Å². The van der Waals surface area contributed by atoms with Gasteiger partial charge in [0, 0.05) is 6.42 Å². The largest absolute Gasteiger partial charge is 0.338 e. The summed E-state index contributed by atoms with van der Waals surface area (Å²) in [7, 11) is 0. The van der Waals surface area contributed by atoms with Crippen LogP contribution in [-0.4, -0.2) is 16.9 Å². The molecule has 16 heavy (non-hydrogen) atoms. The third-order valence-electron chi connectivity index (χ3n) is 2.62. The van der Waals surface area contributed by atoms with E-state index in [2.05, 4.69) is 0 Å². The summed E-state index contributed by atoms with van der Waals surface area (Å²) in [5.74, 6) is -0.488. The number of nitrogens with zero attached hydrogens (tertiary/aromatic N) is 1. The molecule has 0 radical (unpaired) electrons. The van der Waals surface area contributed by atoms with Crippen LogP contribution in [0.25, 0.3) is 0 Å². The maximum absolute atomic E-state index is 11.6. The monoisotopic (exact) mass is 219 g/mol. The summed E-state index contributed by atoms with van der Waals surface area (Å²) in [4.78, 5) is 27.7. The first-order valence-electron chi connectivity index (χ1n) is 5.26. The second-order valence-corrected chi connectivity index (χ2v) is 3.77. The van der Waals surface area contributed by atoms with Gasteiger partial charge in [-0.1, -0.05) is 30.3 Å². The first-order chi connectivity index (χ1) is 7.68. The number of hydrogen-bond donors (Lipinski definition) is 0. The van der Waals surface area contributed by atoms with E-state index in [0.717, 1.165) is 5.56 Å². The van der Waals surface area contributed by atoms with Crippen LogP contribution in [0, 0.1) is 0 Å². The smallest absolute Gasteiger partial charge is 0.333 e. The average Bonchev–Trinajstić information content (AvgIpc) is 2.32. The molecule has 1 heterocycles. The molecule has 4 nitrogen and oxygen atoms in total. The van der Waals surface area contributed by atoms with Gasteiger partial charge < -0.3 is 4.84 Å². The van der Waals surface area contributed by atoms with Gasteiger partial charge in [-0.2, -0.15) is 5.06 Å². The van der Waals surface area contributed by atoms with Crippen LogP contribution in [0.1, 0.15) is 31.4 Å². The van der Waals surface area contributed by atoms with E-state index in [1.807, 2.05) is 37.3 Å². The molecule has 0 saturated carbocycles. The van der Waals surface area contributed by atoms with E-state index in [1.54, 1.807) is 0 Å². The van der Waals surface area contributed by atoms with Gasteiger partial charge in [0.1, 0.15) is 0 Å². The summed E-state index contributed by atoms with van der Waals surface area (Å²) in [5, 5.41) is 1.17. The molecule has 1 aliphatic rings. The first-order valence-corrected chi connectivity index (χ1v) is 5.26. The number of hydroxylamine groups is 2. The Bertz CT molecular complexity index is 402. The maximum atomic E-state index is 11.6. The Hall–Kier alpha value is -1.84. The summed E-state index contributed by atoms with van der Waals surface area (Å²) in [5.41, 5.74) is 0.950. The minimum Gasteiger partial charge on any atom is -0.338 e. The van der Waals surface area contributed by atoms with Crippen LogP contribution in [0.3, 0.4) is 0 Å². The third kappa shape index (κ3) is 2.05. The number of carbonyl (C=O) groups is 2. The molecule has 1 saturated heterocycles. The lowest BCUT2D eigenvalue weighted by molar-refractivity contribution is -0.215. The molecule has 1 unspecified atom stereocenters. The van der Waals surface area contributed by atoms with Gasteiger partial charge >= 0.3 is 5.97 Å². The fraction of sp³-hybridized carbons (Fsp3) is 0.333. The average molecular weight is 219 g/mol. The molecular formula is C12H13NO3. The highest BCUT2D eigenvalue weighted by Crippen LogP contribution is 2.24. The first kappa shape index (κ1) is 10.7. The molecule has 1 atom stereocenters. The molecule has 0 aliphatic carbocycles. The van der Waals surface area contributed by atoms with Crippen LogP contribution in [-0.2, 0) is 14.4 Å². The van der Waals surface area contributed by atoms with Crippen molar-refractivity contribution in [3.05, 3.63) is 35.9 Å². The van der Waals surface area contributed by atoms with E-state index in [1.165, 1.54) is 5.06 Å². The third-order valence-corrected chi connectivity index (χ3v) is 2.62. The zero-order valence-corrected chi connectivity index (χ0v) is 9.05. The lowest BCUT2D eigenvalue weighted by Gasteiger charge is -2.30. The number of benzene rings is 1. The standard InChI is InChI=1S/C12H13NO3/c1-9(10-5-3-2-4-6-10)13-11(14)7-8-12(15)16-13/h2-6,9H,7-8H2,1H3. The Balaban J connectivity index is 2.17. The lowest BCUT2D eigenvalue weighted by Crippen LogP contribution is -2.39. The van der Waals surface area contributed by atoms with Crippen molar-refractivity contribution in [3.63, 3.8) is 0 Å². The van der Waals surface area contributed by atoms with E-state index >= 15 is 0 Å². The molecule has 2 rings (SSSR count). The Labute approximate surface area is 93.8 Å². The molecular weight excluding hydrogens is 206 g/mol. The van der Waals surface area contributed by atoms with Crippen LogP contribution in [0.15, 0.2) is 30.3 Å². The summed E-state index contributed by atoms with van der Waals surface area (Å²) in [6.45, 7) is 1.84. The highest BCUT2D eigenvalue weighted by molar-refractivity contribution is 5.85. The van der Waals surface area contributed by atoms with E-state index in [9.17, 15) is 9.59 Å². The SMILES string of the molecule is CC(c1ccccc1)N1OC(=O)CCC1=O. The Morgan fingerprint density at radius 2 is 1.88 bits per heavy atom. The van der Waals surface area contributed by atoms with Gasteiger partial charge in [-0.25, -0.2) is 4.79 Å². The Morgan fingerprint density at radius 3 is 2.56 bits per heavy atom. The minimum atomic E-state index is -0.345. The lowest BCUT2D eigenvalue weighted by atomic mass is 10.1. The highest BCUT2D eigenvalue weighted by Gasteiger charge is 2.30. The molecule has 0 spiro atoms. The molecule has 1 aromatic rings. The quantitative estimate of drug-likeness (QED) is 0.762. The summed E-state index contributed by atoms with van der Waals surface area (Å²) < 4.78 is 0. The highest BCUT2D eigenvalue weighted by atomic mass is 16.7. The van der Waals surface area contributed by atoms with Gasteiger partial charge in [-0.05, 0) is 12.5 Å². The Kier molecular flexibility index (Phi) is 2.90. The molecule has 1 fully saturated rings. The molecule has 0 bridgehead atoms. The van der Waals surface area contributed by atoms with Crippen LogP contribution in [0.5, 0.6) is 0 Å². The van der Waals surface area contributed by atoms with Crippen molar-refractivity contribution in [2.75, 3.05) is 0 Å². The van der Waals surface area contributed by atoms with Gasteiger partial charge in [0.2, 0.25) is 0 Å². The predicted molar refractivity (Wildman–Crippen MR) is 57.0 cm³/mol. The van der Waals surface area contributed by atoms with Gasteiger partial charge in [-0.15, -0.1) is 0 Å². The van der Waals surface area contributed by atoms with Crippen molar-refractivity contribution in [3.8, 4) is 0 Å². The molecule has 1 aliphatic heterocycles. The molecule has 0 N–H and O–H groups in total. The summed E-state index contributed by atoms with van der Waals surface area (Å²) >= 11 is 0.